The molecule has 0 aromatic heterocycles. The minimum Gasteiger partial charge on any atom is -0.377 e. The first-order valence-corrected chi connectivity index (χ1v) is 9.70. The molecule has 0 atom stereocenters. The molecule has 0 unspecified atom stereocenters. The summed E-state index contributed by atoms with van der Waals surface area (Å²) >= 11 is 1.42. The molecule has 136 valence electrons. The van der Waals surface area contributed by atoms with Gasteiger partial charge in [0.2, 0.25) is 0 Å². The molecule has 3 rings (SSSR count). The monoisotopic (exact) mass is 370 g/mol. The van der Waals surface area contributed by atoms with Gasteiger partial charge in [0.05, 0.1) is 11.9 Å². The molecule has 0 spiro atoms. The van der Waals surface area contributed by atoms with E-state index in [0.29, 0.717) is 10.9 Å². The van der Waals surface area contributed by atoms with E-state index in [4.69, 9.17) is 5.73 Å². The van der Waals surface area contributed by atoms with Crippen molar-refractivity contribution in [1.82, 2.24) is 0 Å². The molecule has 26 heavy (non-hydrogen) atoms. The Morgan fingerprint density at radius 3 is 2.69 bits per heavy atom. The average Bonchev–Trinajstić information content (AvgIpc) is 3.18. The van der Waals surface area contributed by atoms with Crippen LogP contribution in [0.25, 0.3) is 0 Å². The van der Waals surface area contributed by atoms with Gasteiger partial charge in [0.15, 0.2) is 5.17 Å². The highest BCUT2D eigenvalue weighted by Crippen LogP contribution is 2.26. The number of benzene rings is 2. The van der Waals surface area contributed by atoms with Crippen LogP contribution in [0.5, 0.6) is 0 Å². The van der Waals surface area contributed by atoms with Crippen molar-refractivity contribution in [2.75, 3.05) is 18.0 Å². The minimum absolute atomic E-state index is 0.214. The van der Waals surface area contributed by atoms with Crippen LogP contribution in [-0.2, 0) is 5.75 Å². The van der Waals surface area contributed by atoms with Crippen molar-refractivity contribution in [1.29, 1.82) is 0 Å². The Morgan fingerprint density at radius 2 is 1.96 bits per heavy atom. The van der Waals surface area contributed by atoms with E-state index in [2.05, 4.69) is 15.1 Å². The molecule has 0 aliphatic carbocycles. The third kappa shape index (κ3) is 4.85. The lowest BCUT2D eigenvalue weighted by atomic mass is 10.1. The first-order chi connectivity index (χ1) is 12.6. The molecule has 1 saturated heterocycles. The molecule has 0 amide bonds. The Balaban J connectivity index is 1.63. The van der Waals surface area contributed by atoms with Crippen molar-refractivity contribution in [2.24, 2.45) is 15.9 Å². The summed E-state index contributed by atoms with van der Waals surface area (Å²) in [5.74, 6) is 0.526. The standard InChI is InChI=1S/C20H23FN4S/c1-15-11-19(25-9-5-6-10-25)18(21)12-17(15)13-23-24-20(22)26-14-16-7-3-2-4-8-16/h2-4,7-8,11-13H,5-6,9-10,14H2,1H3,(H2,22,24). The zero-order chi connectivity index (χ0) is 18.4. The number of hydrogen-bond acceptors (Lipinski definition) is 4. The highest BCUT2D eigenvalue weighted by atomic mass is 32.2. The predicted octanol–water partition coefficient (Wildman–Crippen LogP) is 4.32. The molecule has 1 fully saturated rings. The Morgan fingerprint density at radius 1 is 1.23 bits per heavy atom. The van der Waals surface area contributed by atoms with Crippen molar-refractivity contribution >= 4 is 28.8 Å². The fourth-order valence-electron chi connectivity index (χ4n) is 2.93. The van der Waals surface area contributed by atoms with Crippen molar-refractivity contribution in [3.8, 4) is 0 Å². The Hall–Kier alpha value is -2.34. The van der Waals surface area contributed by atoms with Gasteiger partial charge in [-0.3, -0.25) is 0 Å². The molecular formula is C20H23FN4S. The van der Waals surface area contributed by atoms with Crippen LogP contribution in [0.4, 0.5) is 10.1 Å². The fraction of sp³-hybridized carbons (Fsp3) is 0.300. The summed E-state index contributed by atoms with van der Waals surface area (Å²) in [6.07, 6.45) is 3.80. The summed E-state index contributed by atoms with van der Waals surface area (Å²) in [6, 6.07) is 13.4. The Labute approximate surface area is 158 Å². The van der Waals surface area contributed by atoms with E-state index in [-0.39, 0.29) is 5.82 Å². The quantitative estimate of drug-likeness (QED) is 0.485. The predicted molar refractivity (Wildman–Crippen MR) is 110 cm³/mol. The number of hydrogen-bond donors (Lipinski definition) is 1. The summed E-state index contributed by atoms with van der Waals surface area (Å²) in [5.41, 5.74) is 9.43. The number of amidine groups is 1. The number of thioether (sulfide) groups is 1. The van der Waals surface area contributed by atoms with Gasteiger partial charge in [-0.2, -0.15) is 5.10 Å². The molecule has 2 aromatic carbocycles. The van der Waals surface area contributed by atoms with Gasteiger partial charge < -0.3 is 10.6 Å². The molecule has 4 nitrogen and oxygen atoms in total. The van der Waals surface area contributed by atoms with Gasteiger partial charge in [-0.05, 0) is 43.0 Å². The third-order valence-electron chi connectivity index (χ3n) is 4.36. The summed E-state index contributed by atoms with van der Waals surface area (Å²) in [4.78, 5) is 2.10. The average molecular weight is 370 g/mol. The number of rotatable bonds is 5. The molecule has 2 aromatic rings. The van der Waals surface area contributed by atoms with E-state index in [1.807, 2.05) is 43.3 Å². The zero-order valence-corrected chi connectivity index (χ0v) is 15.7. The normalized spacial score (nSPS) is 15.2. The van der Waals surface area contributed by atoms with Crippen LogP contribution in [0.2, 0.25) is 0 Å². The van der Waals surface area contributed by atoms with Crippen molar-refractivity contribution in [2.45, 2.75) is 25.5 Å². The molecule has 2 N–H and O–H groups in total. The highest BCUT2D eigenvalue weighted by Gasteiger charge is 2.17. The lowest BCUT2D eigenvalue weighted by Gasteiger charge is -2.19. The highest BCUT2D eigenvalue weighted by molar-refractivity contribution is 8.13. The van der Waals surface area contributed by atoms with E-state index in [1.54, 1.807) is 6.21 Å². The molecule has 6 heteroatoms. The van der Waals surface area contributed by atoms with Gasteiger partial charge in [0.25, 0.3) is 0 Å². The molecule has 1 aliphatic heterocycles. The van der Waals surface area contributed by atoms with Crippen LogP contribution >= 0.6 is 11.8 Å². The van der Waals surface area contributed by atoms with Gasteiger partial charge in [-0.1, -0.05) is 42.1 Å². The lowest BCUT2D eigenvalue weighted by molar-refractivity contribution is 0.622. The summed E-state index contributed by atoms with van der Waals surface area (Å²) < 4.78 is 14.4. The maximum Gasteiger partial charge on any atom is 0.180 e. The summed E-state index contributed by atoms with van der Waals surface area (Å²) in [5, 5.41) is 8.40. The van der Waals surface area contributed by atoms with Crippen LogP contribution in [0.15, 0.2) is 52.7 Å². The van der Waals surface area contributed by atoms with Crippen molar-refractivity contribution in [3.63, 3.8) is 0 Å². The molecule has 0 bridgehead atoms. The molecule has 1 aliphatic rings. The Bertz CT molecular complexity index is 799. The number of nitrogens with two attached hydrogens (primary N) is 1. The second-order valence-electron chi connectivity index (χ2n) is 6.31. The first kappa shape index (κ1) is 18.5. The number of nitrogens with zero attached hydrogens (tertiary/aromatic N) is 3. The molecular weight excluding hydrogens is 347 g/mol. The van der Waals surface area contributed by atoms with Gasteiger partial charge in [-0.25, -0.2) is 4.39 Å². The summed E-state index contributed by atoms with van der Waals surface area (Å²) in [6.45, 7) is 3.80. The van der Waals surface area contributed by atoms with Crippen LogP contribution in [-0.4, -0.2) is 24.5 Å². The molecule has 1 heterocycles. The zero-order valence-electron chi connectivity index (χ0n) is 14.9. The maximum absolute atomic E-state index is 14.4. The fourth-order valence-corrected chi connectivity index (χ4v) is 3.54. The number of aryl methyl sites for hydroxylation is 1. The molecule has 0 radical (unpaired) electrons. The van der Waals surface area contributed by atoms with E-state index >= 15 is 0 Å². The third-order valence-corrected chi connectivity index (χ3v) is 5.22. The van der Waals surface area contributed by atoms with Gasteiger partial charge in [-0.15, -0.1) is 5.10 Å². The van der Waals surface area contributed by atoms with Crippen molar-refractivity contribution in [3.05, 3.63) is 65.0 Å². The second-order valence-corrected chi connectivity index (χ2v) is 7.31. The van der Waals surface area contributed by atoms with E-state index < -0.39 is 0 Å². The minimum atomic E-state index is -0.214. The van der Waals surface area contributed by atoms with Crippen LogP contribution in [0.3, 0.4) is 0 Å². The first-order valence-electron chi connectivity index (χ1n) is 8.72. The van der Waals surface area contributed by atoms with Crippen LogP contribution < -0.4 is 10.6 Å². The lowest BCUT2D eigenvalue weighted by Crippen LogP contribution is -2.19. The Kier molecular flexibility index (Phi) is 6.28. The number of halogens is 1. The van der Waals surface area contributed by atoms with Crippen LogP contribution in [0.1, 0.15) is 29.5 Å². The van der Waals surface area contributed by atoms with Crippen LogP contribution in [0, 0.1) is 12.7 Å². The summed E-state index contributed by atoms with van der Waals surface area (Å²) in [7, 11) is 0. The van der Waals surface area contributed by atoms with Gasteiger partial charge >= 0.3 is 0 Å². The SMILES string of the molecule is Cc1cc(N2CCCC2)c(F)cc1C=NN=C(N)SCc1ccccc1. The van der Waals surface area contributed by atoms with Gasteiger partial charge in [0, 0.05) is 24.4 Å². The van der Waals surface area contributed by atoms with E-state index in [0.717, 1.165) is 42.8 Å². The smallest absolute Gasteiger partial charge is 0.180 e. The molecule has 0 saturated carbocycles. The van der Waals surface area contributed by atoms with E-state index in [1.165, 1.54) is 23.4 Å². The topological polar surface area (TPSA) is 54.0 Å². The van der Waals surface area contributed by atoms with Crippen molar-refractivity contribution < 1.29 is 4.39 Å². The largest absolute Gasteiger partial charge is 0.377 e. The second kappa shape index (κ2) is 8.85. The number of anilines is 1. The maximum atomic E-state index is 14.4. The van der Waals surface area contributed by atoms with Gasteiger partial charge in [0.1, 0.15) is 5.82 Å². The van der Waals surface area contributed by atoms with E-state index in [9.17, 15) is 4.39 Å².